The molecule has 1 aromatic rings. The van der Waals surface area contributed by atoms with E-state index in [2.05, 4.69) is 16.7 Å². The molecule has 0 atom stereocenters. The van der Waals surface area contributed by atoms with Crippen LogP contribution in [0, 0.1) is 11.3 Å². The van der Waals surface area contributed by atoms with Crippen LogP contribution in [-0.2, 0) is 4.79 Å². The maximum absolute atomic E-state index is 11.2. The van der Waals surface area contributed by atoms with E-state index in [0.717, 1.165) is 0 Å². The molecule has 17 heavy (non-hydrogen) atoms. The first-order valence-electron chi connectivity index (χ1n) is 5.37. The number of rotatable bonds is 5. The summed E-state index contributed by atoms with van der Waals surface area (Å²) in [6.07, 6.45) is 0.366. The largest absolute Gasteiger partial charge is 0.383 e. The number of halogens is 1. The molecule has 0 bridgehead atoms. The van der Waals surface area contributed by atoms with E-state index in [1.165, 1.54) is 0 Å². The van der Waals surface area contributed by atoms with Crippen molar-refractivity contribution < 1.29 is 4.79 Å². The number of carbonyl (C=O) groups is 1. The topological polar surface area (TPSA) is 64.9 Å². The maximum Gasteiger partial charge on any atom is 0.221 e. The summed E-state index contributed by atoms with van der Waals surface area (Å²) in [6, 6.07) is 7.05. The van der Waals surface area contributed by atoms with E-state index in [0.29, 0.717) is 35.8 Å². The fourth-order valence-electron chi connectivity index (χ4n) is 1.36. The van der Waals surface area contributed by atoms with Crippen LogP contribution in [0.1, 0.15) is 18.9 Å². The molecule has 0 heterocycles. The van der Waals surface area contributed by atoms with Crippen molar-refractivity contribution in [2.75, 3.05) is 18.4 Å². The third kappa shape index (κ3) is 4.33. The van der Waals surface area contributed by atoms with Gasteiger partial charge in [0, 0.05) is 24.5 Å². The zero-order valence-corrected chi connectivity index (χ0v) is 10.3. The minimum absolute atomic E-state index is 0.0134. The molecule has 0 fully saturated rings. The molecule has 90 valence electrons. The molecule has 0 aliphatic rings. The lowest BCUT2D eigenvalue weighted by Crippen LogP contribution is -2.24. The summed E-state index contributed by atoms with van der Waals surface area (Å²) in [5.74, 6) is -0.0134. The Morgan fingerprint density at radius 2 is 2.29 bits per heavy atom. The molecule has 0 saturated heterocycles. The van der Waals surface area contributed by atoms with E-state index in [9.17, 15) is 4.79 Å². The lowest BCUT2D eigenvalue weighted by atomic mass is 10.2. The van der Waals surface area contributed by atoms with Crippen molar-refractivity contribution in [3.05, 3.63) is 28.8 Å². The number of nitriles is 1. The van der Waals surface area contributed by atoms with Crippen LogP contribution in [0.3, 0.4) is 0 Å². The standard InChI is InChI=1S/C12H14ClN3O/c1-2-15-12(17)5-6-16-11-7-10(13)4-3-9(11)8-14/h3-4,7,16H,2,5-6H2,1H3,(H,15,17). The molecule has 5 heteroatoms. The van der Waals surface area contributed by atoms with Crippen molar-refractivity contribution in [3.63, 3.8) is 0 Å². The Bertz CT molecular complexity index is 440. The summed E-state index contributed by atoms with van der Waals surface area (Å²) < 4.78 is 0. The van der Waals surface area contributed by atoms with Crippen molar-refractivity contribution >= 4 is 23.2 Å². The highest BCUT2D eigenvalue weighted by atomic mass is 35.5. The van der Waals surface area contributed by atoms with Gasteiger partial charge in [0.1, 0.15) is 6.07 Å². The van der Waals surface area contributed by atoms with Gasteiger partial charge in [0.25, 0.3) is 0 Å². The van der Waals surface area contributed by atoms with Gasteiger partial charge in [0.15, 0.2) is 0 Å². The van der Waals surface area contributed by atoms with E-state index in [1.807, 2.05) is 6.92 Å². The fourth-order valence-corrected chi connectivity index (χ4v) is 1.53. The normalized spacial score (nSPS) is 9.47. The molecule has 1 amide bonds. The Morgan fingerprint density at radius 1 is 1.53 bits per heavy atom. The monoisotopic (exact) mass is 251 g/mol. The van der Waals surface area contributed by atoms with Gasteiger partial charge in [0.05, 0.1) is 11.3 Å². The van der Waals surface area contributed by atoms with Crippen LogP contribution in [0.5, 0.6) is 0 Å². The fraction of sp³-hybridized carbons (Fsp3) is 0.333. The molecular weight excluding hydrogens is 238 g/mol. The van der Waals surface area contributed by atoms with E-state index < -0.39 is 0 Å². The predicted molar refractivity (Wildman–Crippen MR) is 68.0 cm³/mol. The molecule has 0 aromatic heterocycles. The molecule has 0 unspecified atom stereocenters. The van der Waals surface area contributed by atoms with E-state index in [4.69, 9.17) is 16.9 Å². The van der Waals surface area contributed by atoms with Crippen LogP contribution in [0.25, 0.3) is 0 Å². The number of benzene rings is 1. The first-order valence-corrected chi connectivity index (χ1v) is 5.75. The minimum atomic E-state index is -0.0134. The van der Waals surface area contributed by atoms with Gasteiger partial charge in [-0.1, -0.05) is 11.6 Å². The molecule has 1 aromatic carbocycles. The second-order valence-electron chi connectivity index (χ2n) is 3.43. The lowest BCUT2D eigenvalue weighted by molar-refractivity contribution is -0.120. The van der Waals surface area contributed by atoms with Crippen molar-refractivity contribution in [2.45, 2.75) is 13.3 Å². The van der Waals surface area contributed by atoms with Crippen molar-refractivity contribution in [2.24, 2.45) is 0 Å². The van der Waals surface area contributed by atoms with Crippen molar-refractivity contribution in [1.82, 2.24) is 5.32 Å². The van der Waals surface area contributed by atoms with E-state index in [1.54, 1.807) is 18.2 Å². The van der Waals surface area contributed by atoms with Gasteiger partial charge in [-0.15, -0.1) is 0 Å². The molecule has 0 saturated carbocycles. The first-order chi connectivity index (χ1) is 8.17. The van der Waals surface area contributed by atoms with Gasteiger partial charge in [0.2, 0.25) is 5.91 Å². The number of hydrogen-bond acceptors (Lipinski definition) is 3. The summed E-state index contributed by atoms with van der Waals surface area (Å²) in [5, 5.41) is 15.2. The van der Waals surface area contributed by atoms with Gasteiger partial charge in [-0.05, 0) is 25.1 Å². The molecule has 1 rings (SSSR count). The Morgan fingerprint density at radius 3 is 2.94 bits per heavy atom. The number of anilines is 1. The summed E-state index contributed by atoms with van der Waals surface area (Å²) >= 11 is 5.84. The molecule has 0 radical (unpaired) electrons. The summed E-state index contributed by atoms with van der Waals surface area (Å²) in [6.45, 7) is 2.97. The second-order valence-corrected chi connectivity index (χ2v) is 3.87. The number of amides is 1. The molecule has 0 aliphatic heterocycles. The number of nitrogens with zero attached hydrogens (tertiary/aromatic N) is 1. The van der Waals surface area contributed by atoms with Crippen LogP contribution in [0.2, 0.25) is 5.02 Å². The van der Waals surface area contributed by atoms with Crippen molar-refractivity contribution in [1.29, 1.82) is 5.26 Å². The smallest absolute Gasteiger partial charge is 0.221 e. The van der Waals surface area contributed by atoms with Crippen LogP contribution < -0.4 is 10.6 Å². The Hall–Kier alpha value is -1.73. The minimum Gasteiger partial charge on any atom is -0.383 e. The average molecular weight is 252 g/mol. The Kier molecular flexibility index (Phi) is 5.31. The molecule has 0 aliphatic carbocycles. The second kappa shape index (κ2) is 6.77. The SMILES string of the molecule is CCNC(=O)CCNc1cc(Cl)ccc1C#N. The van der Waals surface area contributed by atoms with E-state index in [-0.39, 0.29) is 5.91 Å². The van der Waals surface area contributed by atoms with Gasteiger partial charge in [-0.2, -0.15) is 5.26 Å². The van der Waals surface area contributed by atoms with Crippen LogP contribution >= 0.6 is 11.6 Å². The van der Waals surface area contributed by atoms with Gasteiger partial charge >= 0.3 is 0 Å². The predicted octanol–water partition coefficient (Wildman–Crippen LogP) is 2.15. The summed E-state index contributed by atoms with van der Waals surface area (Å²) in [7, 11) is 0. The lowest BCUT2D eigenvalue weighted by Gasteiger charge is -2.08. The highest BCUT2D eigenvalue weighted by molar-refractivity contribution is 6.30. The van der Waals surface area contributed by atoms with Gasteiger partial charge < -0.3 is 10.6 Å². The Labute approximate surface area is 106 Å². The third-order valence-electron chi connectivity index (χ3n) is 2.14. The van der Waals surface area contributed by atoms with Crippen molar-refractivity contribution in [3.8, 4) is 6.07 Å². The molecular formula is C12H14ClN3O. The van der Waals surface area contributed by atoms with Crippen LogP contribution in [0.4, 0.5) is 5.69 Å². The van der Waals surface area contributed by atoms with Crippen LogP contribution in [0.15, 0.2) is 18.2 Å². The third-order valence-corrected chi connectivity index (χ3v) is 2.38. The highest BCUT2D eigenvalue weighted by Gasteiger charge is 2.03. The highest BCUT2D eigenvalue weighted by Crippen LogP contribution is 2.20. The van der Waals surface area contributed by atoms with Crippen LogP contribution in [-0.4, -0.2) is 19.0 Å². The number of hydrogen-bond donors (Lipinski definition) is 2. The quantitative estimate of drug-likeness (QED) is 0.843. The zero-order chi connectivity index (χ0) is 12.7. The number of carbonyl (C=O) groups excluding carboxylic acids is 1. The average Bonchev–Trinajstić information content (AvgIpc) is 2.30. The summed E-state index contributed by atoms with van der Waals surface area (Å²) in [5.41, 5.74) is 1.18. The zero-order valence-electron chi connectivity index (χ0n) is 9.59. The molecule has 0 spiro atoms. The number of nitrogens with one attached hydrogen (secondary N) is 2. The Balaban J connectivity index is 2.54. The van der Waals surface area contributed by atoms with Gasteiger partial charge in [-0.25, -0.2) is 0 Å². The maximum atomic E-state index is 11.2. The summed E-state index contributed by atoms with van der Waals surface area (Å²) in [4.78, 5) is 11.2. The first kappa shape index (κ1) is 13.3. The molecule has 2 N–H and O–H groups in total. The van der Waals surface area contributed by atoms with E-state index >= 15 is 0 Å². The van der Waals surface area contributed by atoms with Gasteiger partial charge in [-0.3, -0.25) is 4.79 Å². The molecule has 4 nitrogen and oxygen atoms in total.